The number of thiophene rings is 1. The number of aliphatic hydroxyl groups excluding tert-OH is 1. The van der Waals surface area contributed by atoms with Gasteiger partial charge in [0, 0.05) is 70.9 Å². The van der Waals surface area contributed by atoms with Gasteiger partial charge in [0.25, 0.3) is 0 Å². The number of likely N-dealkylation sites (tertiary alicyclic amines) is 1. The first kappa shape index (κ1) is 101. The normalized spacial score (nSPS) is 15.0. The molecule has 2 heterocycles. The van der Waals surface area contributed by atoms with Gasteiger partial charge in [0.2, 0.25) is 76.8 Å². The Bertz CT molecular complexity index is 4940. The zero-order valence-corrected chi connectivity index (χ0v) is 75.0. The minimum absolute atomic E-state index is 0.0425. The van der Waals surface area contributed by atoms with Crippen molar-refractivity contribution in [3.05, 3.63) is 203 Å². The summed E-state index contributed by atoms with van der Waals surface area (Å²) in [6, 6.07) is 30.6. The Morgan fingerprint density at radius 2 is 1.04 bits per heavy atom. The molecule has 1 aliphatic rings. The molecular weight excluding hydrogens is 1680 g/mol. The quantitative estimate of drug-likeness (QED) is 0.0244. The maximum atomic E-state index is 15.3. The zero-order valence-electron chi connectivity index (χ0n) is 73.4. The van der Waals surface area contributed by atoms with E-state index in [4.69, 9.17) is 11.5 Å². The van der Waals surface area contributed by atoms with Crippen LogP contribution >= 0.6 is 23.1 Å². The van der Waals surface area contributed by atoms with Gasteiger partial charge in [0.15, 0.2) is 5.78 Å². The van der Waals surface area contributed by atoms with Crippen molar-refractivity contribution >= 4 is 122 Å². The number of fused-ring (bicyclic) bond motifs is 1. The van der Waals surface area contributed by atoms with E-state index in [1.165, 1.54) is 102 Å². The number of rotatable bonds is 50. The molecule has 1 saturated heterocycles. The van der Waals surface area contributed by atoms with Gasteiger partial charge in [-0.15, -0.1) is 23.1 Å². The molecule has 12 atom stereocenters. The molecule has 128 heavy (non-hydrogen) atoms. The van der Waals surface area contributed by atoms with E-state index < -0.39 is 187 Å². The maximum Gasteiger partial charge on any atom is 0.246 e. The fourth-order valence-electron chi connectivity index (χ4n) is 15.1. The maximum absolute atomic E-state index is 15.3. The van der Waals surface area contributed by atoms with Gasteiger partial charge in [-0.3, -0.25) is 72.4 Å². The summed E-state index contributed by atoms with van der Waals surface area (Å²) >= 11 is 2.23. The van der Waals surface area contributed by atoms with Gasteiger partial charge in [0.1, 0.15) is 72.2 Å². The number of hydrogen-bond acceptors (Lipinski definition) is 22. The molecule has 0 unspecified atom stereocenters. The lowest BCUT2D eigenvalue weighted by atomic mass is 9.99. The fraction of sp³-hybridized carbons (Fsp3) is 0.430. The predicted molar refractivity (Wildman–Crippen MR) is 485 cm³/mol. The summed E-state index contributed by atoms with van der Waals surface area (Å²) in [6.07, 6.45) is 1.86. The number of phenolic OH excluding ortho intramolecular Hbond substituents is 2. The Kier molecular flexibility index (Phi) is 39.6. The lowest BCUT2D eigenvalue weighted by Crippen LogP contribution is -2.60. The first-order valence-corrected chi connectivity index (χ1v) is 44.7. The highest BCUT2D eigenvalue weighted by molar-refractivity contribution is 8.00. The number of aliphatic hydroxyl groups is 1. The Hall–Kier alpha value is -12.4. The van der Waals surface area contributed by atoms with Crippen molar-refractivity contribution in [1.29, 1.82) is 0 Å². The van der Waals surface area contributed by atoms with E-state index in [-0.39, 0.29) is 87.5 Å². The van der Waals surface area contributed by atoms with E-state index in [1.54, 1.807) is 105 Å². The molecule has 1 aliphatic heterocycles. The van der Waals surface area contributed by atoms with Crippen LogP contribution in [-0.4, -0.2) is 274 Å². The molecule has 1 fully saturated rings. The van der Waals surface area contributed by atoms with E-state index in [9.17, 15) is 68.1 Å². The van der Waals surface area contributed by atoms with E-state index in [0.717, 1.165) is 32.3 Å². The van der Waals surface area contributed by atoms with Crippen molar-refractivity contribution < 1.29 is 87.2 Å². The van der Waals surface area contributed by atoms with Crippen molar-refractivity contribution in [3.63, 3.8) is 0 Å². The van der Waals surface area contributed by atoms with Gasteiger partial charge >= 0.3 is 0 Å². The first-order valence-electron chi connectivity index (χ1n) is 42.7. The van der Waals surface area contributed by atoms with Gasteiger partial charge in [-0.05, 0) is 126 Å². The highest BCUT2D eigenvalue weighted by Crippen LogP contribution is 2.29. The Morgan fingerprint density at radius 3 is 1.60 bits per heavy atom. The van der Waals surface area contributed by atoms with Crippen molar-refractivity contribution in [3.8, 4) is 11.5 Å². The Morgan fingerprint density at radius 1 is 0.539 bits per heavy atom. The first-order chi connectivity index (χ1) is 61.2. The van der Waals surface area contributed by atoms with E-state index in [2.05, 4.69) is 42.5 Å². The number of likely N-dealkylation sites (N-methyl/N-ethyl adjacent to an activating group) is 4. The van der Waals surface area contributed by atoms with Gasteiger partial charge in [-0.2, -0.15) is 0 Å². The largest absolute Gasteiger partial charge is 0.508 e. The Labute approximate surface area is 753 Å². The van der Waals surface area contributed by atoms with Crippen LogP contribution in [0.3, 0.4) is 0 Å². The number of amides is 13. The van der Waals surface area contributed by atoms with E-state index in [1.807, 2.05) is 48.7 Å². The van der Waals surface area contributed by atoms with Crippen molar-refractivity contribution in [2.45, 2.75) is 177 Å². The summed E-state index contributed by atoms with van der Waals surface area (Å²) in [5.74, 6) is -11.6. The molecule has 8 rings (SSSR count). The van der Waals surface area contributed by atoms with Crippen LogP contribution in [0.1, 0.15) is 99.6 Å². The summed E-state index contributed by atoms with van der Waals surface area (Å²) in [4.78, 5) is 220. The monoisotopic (exact) mass is 1800 g/mol. The van der Waals surface area contributed by atoms with Crippen LogP contribution in [0, 0.1) is 5.92 Å². The number of hydrogen-bond donors (Lipinski definition) is 13. The van der Waals surface area contributed by atoms with Gasteiger partial charge < -0.3 is 93.3 Å². The molecule has 15 N–H and O–H groups in total. The second-order valence-electron chi connectivity index (χ2n) is 32.6. The molecule has 35 heteroatoms. The molecule has 0 radical (unpaired) electrons. The number of Topliss-reactive ketones (excluding diaryl/α,β-unsaturated/α-hetero) is 1. The minimum atomic E-state index is -1.55. The molecule has 686 valence electrons. The molecule has 6 aromatic carbocycles. The average Bonchev–Trinajstić information content (AvgIpc) is 1.71. The highest BCUT2D eigenvalue weighted by Gasteiger charge is 2.44. The minimum Gasteiger partial charge on any atom is -0.508 e. The number of primary amides is 1. The molecule has 0 aliphatic carbocycles. The second kappa shape index (κ2) is 50.2. The van der Waals surface area contributed by atoms with Crippen LogP contribution in [-0.2, 0) is 110 Å². The third kappa shape index (κ3) is 30.4. The smallest absolute Gasteiger partial charge is 0.246 e. The van der Waals surface area contributed by atoms with Crippen LogP contribution in [0.15, 0.2) is 169 Å². The standard InChI is InChI=1S/C93H119N15O18S2/c1-9-10-30-76(93(126)108-41-22-31-75(108)88(121)98-65(52-109)53-110)105(6)92(125)78(47-61-27-18-13-19-28-61)107(8)91(124)73(45-59-23-14-11-15-24-59)100-83(116)56-127-55-74(84(117)97-50-81(95)114)103-85(118)69(42-57(2)3)101-86(119)70(43-62-33-37-66(111)38-34-62)102-87(120)71(48-64-54-128-80-32-21-20-29-68(64)80)99-82(115)51-104(5)90(123)72(44-63-35-39-67(112)40-36-63)96-49-79(113)77(106(7)89(122)58(4)94)46-60-25-16-12-17-26-60/h11-21,23-29,32-40,52,54,57-58,65,69-78,96,110-112H,9-10,22,30-31,41-51,53,55-56,94H2,1-8H3,(H2,95,114)(H,97,117)(H,98,121)(H,99,115)(H,100,116)(H,101,119)(H,102,120)(H,103,118)/t58-,65+,69-,70-,71-,72-,73-,74-,75+,76-,77-,78-/m0/s1. The van der Waals surface area contributed by atoms with Crippen molar-refractivity contribution in [2.75, 3.05) is 72.5 Å². The number of benzene rings is 6. The predicted octanol–water partition coefficient (Wildman–Crippen LogP) is 2.54. The second-order valence-corrected chi connectivity index (χ2v) is 34.5. The number of ketones is 1. The van der Waals surface area contributed by atoms with Crippen LogP contribution in [0.5, 0.6) is 11.5 Å². The number of aromatic hydroxyl groups is 2. The van der Waals surface area contributed by atoms with E-state index in [0.29, 0.717) is 53.4 Å². The fourth-order valence-corrected chi connectivity index (χ4v) is 16.9. The molecule has 33 nitrogen and oxygen atoms in total. The van der Waals surface area contributed by atoms with Gasteiger partial charge in [-0.1, -0.05) is 167 Å². The van der Waals surface area contributed by atoms with Crippen LogP contribution in [0.4, 0.5) is 0 Å². The van der Waals surface area contributed by atoms with Crippen LogP contribution in [0.2, 0.25) is 0 Å². The zero-order chi connectivity index (χ0) is 93.3. The third-order valence-electron chi connectivity index (χ3n) is 22.1. The molecular formula is C93H119N15O18S2. The topological polar surface area (TPSA) is 481 Å². The summed E-state index contributed by atoms with van der Waals surface area (Å²) in [5.41, 5.74) is 15.1. The van der Waals surface area contributed by atoms with Gasteiger partial charge in [-0.25, -0.2) is 0 Å². The van der Waals surface area contributed by atoms with Crippen LogP contribution < -0.4 is 54.0 Å². The molecule has 1 aromatic heterocycles. The lowest BCUT2D eigenvalue weighted by Gasteiger charge is -2.38. The van der Waals surface area contributed by atoms with Crippen molar-refractivity contribution in [1.82, 2.24) is 67.0 Å². The number of nitrogens with two attached hydrogens (primary N) is 2. The summed E-state index contributed by atoms with van der Waals surface area (Å²) in [6.45, 7) is 4.71. The lowest BCUT2D eigenvalue weighted by molar-refractivity contribution is -0.152. The number of unbranched alkanes of at least 4 members (excludes halogenated alkanes) is 1. The summed E-state index contributed by atoms with van der Waals surface area (Å²) < 4.78 is 0.853. The summed E-state index contributed by atoms with van der Waals surface area (Å²) in [5, 5.41) is 54.6. The summed E-state index contributed by atoms with van der Waals surface area (Å²) in [7, 11) is 5.71. The van der Waals surface area contributed by atoms with Gasteiger partial charge in [0.05, 0.1) is 50.1 Å². The SMILES string of the molecule is CCCC[C@@H](C(=O)N1CCC[C@@H]1C(=O)N[C@H](C=O)CO)N(C)C(=O)[C@H](Cc1ccccc1)N(C)C(=O)[C@H](Cc1ccccc1)NC(=O)CSC[C@H](NC(=O)[C@H](CC(C)C)NC(=O)[C@H](Cc1ccc(O)cc1)NC(=O)[C@H](Cc1csc2ccccc12)NC(=O)CN(C)C(=O)[C@H](Cc1ccc(O)cc1)NCC(=O)[C@H](Cc1ccccc1)N(C)C(=O)[C@H](C)N)C(=O)NCC(N)=O. The number of carbonyl (C=O) groups excluding carboxylic acids is 15. The molecule has 0 saturated carbocycles. The van der Waals surface area contributed by atoms with Crippen molar-refractivity contribution in [2.24, 2.45) is 17.4 Å². The number of thioether (sulfide) groups is 1. The number of carbonyl (C=O) groups is 15. The van der Waals surface area contributed by atoms with Crippen LogP contribution in [0.25, 0.3) is 10.1 Å². The molecule has 13 amide bonds. The highest BCUT2D eigenvalue weighted by atomic mass is 32.2. The molecule has 7 aromatic rings. The van der Waals surface area contributed by atoms with E-state index >= 15 is 19.2 Å². The molecule has 0 bridgehead atoms. The number of aldehydes is 1. The Balaban J connectivity index is 1.01. The number of phenols is 2. The number of nitrogens with zero attached hydrogens (tertiary/aromatic N) is 5. The average molecular weight is 1800 g/mol. The molecule has 0 spiro atoms. The number of nitrogens with one attached hydrogen (secondary N) is 8. The third-order valence-corrected chi connectivity index (χ3v) is 24.2.